The van der Waals surface area contributed by atoms with Gasteiger partial charge in [-0.05, 0) is 64.7 Å². The topological polar surface area (TPSA) is 135 Å². The molecule has 0 aliphatic carbocycles. The first-order valence-electron chi connectivity index (χ1n) is 11.7. The number of benzene rings is 1. The molecule has 3 aromatic rings. The molecule has 3 heterocycles. The lowest BCUT2D eigenvalue weighted by Gasteiger charge is -2.30. The minimum atomic E-state index is -1.82. The van der Waals surface area contributed by atoms with Crippen molar-refractivity contribution < 1.29 is 24.2 Å². The molecular weight excluding hydrogens is 438 g/mol. The first-order chi connectivity index (χ1) is 16.2. The Morgan fingerprint density at radius 2 is 1.71 bits per heavy atom. The second-order valence-electron chi connectivity index (χ2n) is 9.26. The van der Waals surface area contributed by atoms with Gasteiger partial charge in [0.25, 0.3) is 5.89 Å². The molecule has 1 fully saturated rings. The van der Waals surface area contributed by atoms with Crippen molar-refractivity contribution in [2.24, 2.45) is 5.92 Å². The lowest BCUT2D eigenvalue weighted by molar-refractivity contribution is -0.159. The van der Waals surface area contributed by atoms with Crippen LogP contribution in [0.1, 0.15) is 64.8 Å². The summed E-state index contributed by atoms with van der Waals surface area (Å²) in [7, 11) is 0. The highest BCUT2D eigenvalue weighted by Crippen LogP contribution is 2.32. The van der Waals surface area contributed by atoms with Gasteiger partial charge in [-0.3, -0.25) is 4.68 Å². The number of para-hydroxylation sites is 1. The normalized spacial score (nSPS) is 15.0. The second-order valence-corrected chi connectivity index (χ2v) is 9.26. The van der Waals surface area contributed by atoms with Crippen molar-refractivity contribution in [3.63, 3.8) is 0 Å². The highest BCUT2D eigenvalue weighted by atomic mass is 16.4. The maximum Gasteiger partial charge on any atom is 0.414 e. The second kappa shape index (κ2) is 11.2. The molecule has 0 unspecified atom stereocenters. The van der Waals surface area contributed by atoms with Gasteiger partial charge in [-0.1, -0.05) is 32.0 Å². The van der Waals surface area contributed by atoms with Crippen LogP contribution in [0.2, 0.25) is 0 Å². The third kappa shape index (κ3) is 6.19. The molecule has 2 aromatic heterocycles. The fourth-order valence-electron chi connectivity index (χ4n) is 3.98. The third-order valence-corrected chi connectivity index (χ3v) is 5.89. The Bertz CT molecular complexity index is 1100. The Kier molecular flexibility index (Phi) is 8.38. The number of rotatable bonds is 6. The van der Waals surface area contributed by atoms with E-state index in [2.05, 4.69) is 54.9 Å². The molecule has 0 bridgehead atoms. The maximum absolute atomic E-state index is 9.10. The van der Waals surface area contributed by atoms with Gasteiger partial charge in [0.2, 0.25) is 5.89 Å². The van der Waals surface area contributed by atoms with Gasteiger partial charge in [0.1, 0.15) is 0 Å². The lowest BCUT2D eigenvalue weighted by atomic mass is 9.96. The van der Waals surface area contributed by atoms with Gasteiger partial charge < -0.3 is 19.5 Å². The number of carboxylic acid groups (broad SMARTS) is 2. The van der Waals surface area contributed by atoms with E-state index < -0.39 is 11.9 Å². The maximum atomic E-state index is 9.10. The molecule has 0 amide bonds. The van der Waals surface area contributed by atoms with Crippen molar-refractivity contribution in [2.45, 2.75) is 58.9 Å². The molecule has 0 saturated carbocycles. The monoisotopic (exact) mass is 471 g/mol. The number of hydrogen-bond acceptors (Lipinski definition) is 7. The van der Waals surface area contributed by atoms with Crippen molar-refractivity contribution in [3.05, 3.63) is 30.2 Å². The number of piperidine rings is 1. The molecule has 2 N–H and O–H groups in total. The van der Waals surface area contributed by atoms with Crippen molar-refractivity contribution in [2.75, 3.05) is 19.6 Å². The van der Waals surface area contributed by atoms with Gasteiger partial charge in [-0.25, -0.2) is 9.59 Å². The van der Waals surface area contributed by atoms with Crippen LogP contribution in [0.3, 0.4) is 0 Å². The van der Waals surface area contributed by atoms with Crippen LogP contribution < -0.4 is 0 Å². The van der Waals surface area contributed by atoms with Gasteiger partial charge in [-0.15, -0.1) is 10.2 Å². The number of nitrogens with zero attached hydrogens (tertiary/aromatic N) is 5. The zero-order valence-electron chi connectivity index (χ0n) is 20.1. The lowest BCUT2D eigenvalue weighted by Crippen LogP contribution is -2.34. The number of likely N-dealkylation sites (tertiary alicyclic amines) is 1. The Balaban J connectivity index is 0.000000481. The summed E-state index contributed by atoms with van der Waals surface area (Å²) in [5, 5.41) is 29.4. The summed E-state index contributed by atoms with van der Waals surface area (Å²) in [6.45, 7) is 12.3. The Hall–Kier alpha value is -3.27. The van der Waals surface area contributed by atoms with E-state index in [0.29, 0.717) is 11.8 Å². The summed E-state index contributed by atoms with van der Waals surface area (Å²) in [6, 6.07) is 8.52. The quantitative estimate of drug-likeness (QED) is 0.510. The summed E-state index contributed by atoms with van der Waals surface area (Å²) in [5.41, 5.74) is 1.89. The fourth-order valence-corrected chi connectivity index (χ4v) is 3.98. The van der Waals surface area contributed by atoms with Crippen LogP contribution in [0.25, 0.3) is 22.5 Å². The van der Waals surface area contributed by atoms with Crippen LogP contribution in [0, 0.1) is 5.92 Å². The molecular formula is C24H33N5O5. The average Bonchev–Trinajstić information content (AvgIpc) is 3.43. The van der Waals surface area contributed by atoms with E-state index in [4.69, 9.17) is 29.3 Å². The third-order valence-electron chi connectivity index (χ3n) is 5.89. The van der Waals surface area contributed by atoms with Crippen LogP contribution >= 0.6 is 0 Å². The van der Waals surface area contributed by atoms with E-state index in [1.165, 1.54) is 13.0 Å². The fraction of sp³-hybridized carbons (Fsp3) is 0.542. The highest BCUT2D eigenvalue weighted by molar-refractivity contribution is 6.27. The van der Waals surface area contributed by atoms with E-state index in [0.717, 1.165) is 54.3 Å². The molecule has 10 heteroatoms. The van der Waals surface area contributed by atoms with Crippen LogP contribution in [0.5, 0.6) is 0 Å². The standard InChI is InChI=1S/C22H31N5O.C2H2O4/c1-15(2)9-12-26-13-10-17(11-14-26)21-23-24-22(28-21)20-18-7-5-6-8-19(18)27(25-20)16(3)4;3-1(4)2(5)6/h5-8,15-17H,9-14H2,1-4H3;(H,3,4)(H,5,6). The summed E-state index contributed by atoms with van der Waals surface area (Å²) in [6.07, 6.45) is 3.43. The molecule has 10 nitrogen and oxygen atoms in total. The van der Waals surface area contributed by atoms with Crippen molar-refractivity contribution in [1.29, 1.82) is 0 Å². The number of aliphatic carboxylic acids is 2. The predicted molar refractivity (Wildman–Crippen MR) is 127 cm³/mol. The molecule has 4 rings (SSSR count). The predicted octanol–water partition coefficient (Wildman–Crippen LogP) is 4.05. The molecule has 1 aromatic carbocycles. The minimum absolute atomic E-state index is 0.274. The summed E-state index contributed by atoms with van der Waals surface area (Å²) < 4.78 is 8.16. The largest absolute Gasteiger partial charge is 0.473 e. The van der Waals surface area contributed by atoms with Gasteiger partial charge in [0.15, 0.2) is 5.69 Å². The molecule has 0 atom stereocenters. The molecule has 0 spiro atoms. The molecule has 34 heavy (non-hydrogen) atoms. The van der Waals surface area contributed by atoms with Crippen LogP contribution in [0.4, 0.5) is 0 Å². The number of aromatic nitrogens is 4. The summed E-state index contributed by atoms with van der Waals surface area (Å²) >= 11 is 0. The summed E-state index contributed by atoms with van der Waals surface area (Å²) in [4.78, 5) is 20.8. The van der Waals surface area contributed by atoms with Gasteiger partial charge in [0.05, 0.1) is 5.52 Å². The number of carboxylic acids is 2. The van der Waals surface area contributed by atoms with Crippen molar-refractivity contribution >= 4 is 22.8 Å². The highest BCUT2D eigenvalue weighted by Gasteiger charge is 2.26. The van der Waals surface area contributed by atoms with Crippen LogP contribution in [-0.4, -0.2) is 66.7 Å². The minimum Gasteiger partial charge on any atom is -0.473 e. The van der Waals surface area contributed by atoms with Gasteiger partial charge >= 0.3 is 11.9 Å². The van der Waals surface area contributed by atoms with E-state index in [9.17, 15) is 0 Å². The number of hydrogen-bond donors (Lipinski definition) is 2. The van der Waals surface area contributed by atoms with E-state index >= 15 is 0 Å². The first-order valence-corrected chi connectivity index (χ1v) is 11.7. The first kappa shape index (κ1) is 25.4. The number of carbonyl (C=O) groups is 2. The van der Waals surface area contributed by atoms with Crippen LogP contribution in [-0.2, 0) is 9.59 Å². The van der Waals surface area contributed by atoms with Gasteiger partial charge in [-0.2, -0.15) is 5.10 Å². The van der Waals surface area contributed by atoms with E-state index in [1.54, 1.807) is 0 Å². The molecule has 1 aliphatic heterocycles. The smallest absolute Gasteiger partial charge is 0.414 e. The zero-order chi connectivity index (χ0) is 24.8. The number of fused-ring (bicyclic) bond motifs is 1. The Morgan fingerprint density at radius 3 is 2.29 bits per heavy atom. The molecule has 184 valence electrons. The van der Waals surface area contributed by atoms with Gasteiger partial charge in [0, 0.05) is 17.3 Å². The van der Waals surface area contributed by atoms with Crippen molar-refractivity contribution in [1.82, 2.24) is 24.9 Å². The van der Waals surface area contributed by atoms with Crippen LogP contribution in [0.15, 0.2) is 28.7 Å². The van der Waals surface area contributed by atoms with Crippen molar-refractivity contribution in [3.8, 4) is 11.6 Å². The average molecular weight is 472 g/mol. The molecule has 1 aliphatic rings. The van der Waals surface area contributed by atoms with E-state index in [-0.39, 0.29) is 6.04 Å². The SMILES string of the molecule is CC(C)CCN1CCC(c2nnc(-c3nn(C(C)C)c4ccccc34)o2)CC1.O=C(O)C(=O)O. The Labute approximate surface area is 198 Å². The summed E-state index contributed by atoms with van der Waals surface area (Å²) in [5.74, 6) is -1.23. The Morgan fingerprint density at radius 1 is 1.06 bits per heavy atom. The molecule has 0 radical (unpaired) electrons. The molecule has 1 saturated heterocycles. The van der Waals surface area contributed by atoms with E-state index in [1.807, 2.05) is 16.8 Å². The zero-order valence-corrected chi connectivity index (χ0v) is 20.1.